The van der Waals surface area contributed by atoms with E-state index in [4.69, 9.17) is 4.74 Å². The van der Waals surface area contributed by atoms with Gasteiger partial charge in [0.15, 0.2) is 0 Å². The van der Waals surface area contributed by atoms with E-state index in [9.17, 15) is 4.79 Å². The first-order valence-corrected chi connectivity index (χ1v) is 8.14. The van der Waals surface area contributed by atoms with Gasteiger partial charge in [-0.2, -0.15) is 0 Å². The van der Waals surface area contributed by atoms with Gasteiger partial charge in [0, 0.05) is 36.0 Å². The van der Waals surface area contributed by atoms with Gasteiger partial charge in [-0.25, -0.2) is 4.98 Å². The molecule has 0 spiro atoms. The first kappa shape index (κ1) is 14.8. The Bertz CT molecular complexity index is 901. The van der Waals surface area contributed by atoms with Crippen LogP contribution in [-0.4, -0.2) is 22.4 Å². The molecule has 5 heteroatoms. The van der Waals surface area contributed by atoms with Crippen LogP contribution in [0, 0.1) is 5.92 Å². The molecule has 24 heavy (non-hydrogen) atoms. The van der Waals surface area contributed by atoms with E-state index in [2.05, 4.69) is 14.7 Å². The number of amides is 1. The van der Waals surface area contributed by atoms with E-state index in [0.717, 1.165) is 47.7 Å². The van der Waals surface area contributed by atoms with E-state index in [1.54, 1.807) is 7.11 Å². The molecular formula is C19H19N3O2. The zero-order valence-electron chi connectivity index (χ0n) is 13.5. The summed E-state index contributed by atoms with van der Waals surface area (Å²) in [7, 11) is 1.62. The lowest BCUT2D eigenvalue weighted by molar-refractivity contribution is -0.120. The van der Waals surface area contributed by atoms with Crippen molar-refractivity contribution in [2.24, 2.45) is 5.92 Å². The summed E-state index contributed by atoms with van der Waals surface area (Å²) in [4.78, 5) is 17.3. The van der Waals surface area contributed by atoms with Crippen LogP contribution in [0.2, 0.25) is 0 Å². The van der Waals surface area contributed by atoms with E-state index >= 15 is 0 Å². The minimum atomic E-state index is -0.0381. The van der Waals surface area contributed by atoms with Crippen molar-refractivity contribution in [2.75, 3.05) is 12.4 Å². The summed E-state index contributed by atoms with van der Waals surface area (Å²) in [6.07, 6.45) is 4.40. The van der Waals surface area contributed by atoms with Crippen LogP contribution in [-0.2, 0) is 17.6 Å². The summed E-state index contributed by atoms with van der Waals surface area (Å²) < 4.78 is 7.30. The molecule has 0 aliphatic heterocycles. The lowest BCUT2D eigenvalue weighted by Crippen LogP contribution is -2.28. The number of aromatic nitrogens is 2. The fourth-order valence-corrected chi connectivity index (χ4v) is 3.33. The summed E-state index contributed by atoms with van der Waals surface area (Å²) in [5.41, 5.74) is 3.99. The van der Waals surface area contributed by atoms with Crippen molar-refractivity contribution in [3.8, 4) is 5.75 Å². The number of nitrogens with zero attached hydrogens (tertiary/aromatic N) is 2. The van der Waals surface area contributed by atoms with E-state index in [1.807, 2.05) is 48.7 Å². The Morgan fingerprint density at radius 1 is 1.29 bits per heavy atom. The Morgan fingerprint density at radius 2 is 2.21 bits per heavy atom. The summed E-state index contributed by atoms with van der Waals surface area (Å²) in [6.45, 7) is 0. The van der Waals surface area contributed by atoms with Gasteiger partial charge in [-0.15, -0.1) is 0 Å². The SMILES string of the molecule is COc1cccc(NC(=O)C2CCc3nc4ccccn4c3C2)c1. The molecule has 0 fully saturated rings. The highest BCUT2D eigenvalue weighted by Crippen LogP contribution is 2.27. The van der Waals surface area contributed by atoms with Crippen LogP contribution in [0.1, 0.15) is 17.8 Å². The number of hydrogen-bond acceptors (Lipinski definition) is 3. The summed E-state index contributed by atoms with van der Waals surface area (Å²) >= 11 is 0. The number of hydrogen-bond donors (Lipinski definition) is 1. The van der Waals surface area contributed by atoms with Gasteiger partial charge >= 0.3 is 0 Å². The molecule has 1 aromatic carbocycles. The van der Waals surface area contributed by atoms with Crippen molar-refractivity contribution in [1.82, 2.24) is 9.38 Å². The smallest absolute Gasteiger partial charge is 0.227 e. The number of methoxy groups -OCH3 is 1. The van der Waals surface area contributed by atoms with Crippen molar-refractivity contribution in [2.45, 2.75) is 19.3 Å². The molecule has 2 aromatic heterocycles. The average molecular weight is 321 g/mol. The fraction of sp³-hybridized carbons (Fsp3) is 0.263. The maximum Gasteiger partial charge on any atom is 0.227 e. The van der Waals surface area contributed by atoms with Gasteiger partial charge < -0.3 is 14.5 Å². The molecule has 1 N–H and O–H groups in total. The van der Waals surface area contributed by atoms with Crippen molar-refractivity contribution in [3.63, 3.8) is 0 Å². The highest BCUT2D eigenvalue weighted by Gasteiger charge is 2.28. The molecule has 1 amide bonds. The number of anilines is 1. The first-order valence-electron chi connectivity index (χ1n) is 8.14. The molecular weight excluding hydrogens is 302 g/mol. The Hall–Kier alpha value is -2.82. The molecule has 0 bridgehead atoms. The molecule has 5 nitrogen and oxygen atoms in total. The van der Waals surface area contributed by atoms with Gasteiger partial charge in [-0.05, 0) is 37.1 Å². The molecule has 4 rings (SSSR count). The van der Waals surface area contributed by atoms with Gasteiger partial charge in [0.2, 0.25) is 5.91 Å². The molecule has 1 atom stereocenters. The number of pyridine rings is 1. The highest BCUT2D eigenvalue weighted by atomic mass is 16.5. The van der Waals surface area contributed by atoms with E-state index in [0.29, 0.717) is 0 Å². The van der Waals surface area contributed by atoms with Crippen LogP contribution < -0.4 is 10.1 Å². The molecule has 2 heterocycles. The molecule has 3 aromatic rings. The maximum atomic E-state index is 12.7. The van der Waals surface area contributed by atoms with Crippen LogP contribution in [0.3, 0.4) is 0 Å². The standard InChI is InChI=1S/C19H19N3O2/c1-24-15-6-4-5-14(12-15)20-19(23)13-8-9-16-17(11-13)22-10-3-2-7-18(22)21-16/h2-7,10,12-13H,8-9,11H2,1H3,(H,20,23). The molecule has 122 valence electrons. The monoisotopic (exact) mass is 321 g/mol. The topological polar surface area (TPSA) is 55.6 Å². The number of benzene rings is 1. The minimum absolute atomic E-state index is 0.0381. The molecule has 0 radical (unpaired) electrons. The van der Waals surface area contributed by atoms with Crippen LogP contribution in [0.15, 0.2) is 48.7 Å². The third-order valence-electron chi connectivity index (χ3n) is 4.59. The second kappa shape index (κ2) is 6.00. The van der Waals surface area contributed by atoms with Crippen molar-refractivity contribution in [3.05, 3.63) is 60.0 Å². The van der Waals surface area contributed by atoms with Gasteiger partial charge in [-0.1, -0.05) is 12.1 Å². The number of nitrogens with one attached hydrogen (secondary N) is 1. The number of carbonyl (C=O) groups is 1. The zero-order chi connectivity index (χ0) is 16.5. The van der Waals surface area contributed by atoms with E-state index in [-0.39, 0.29) is 11.8 Å². The molecule has 1 aliphatic rings. The summed E-state index contributed by atoms with van der Waals surface area (Å²) in [6, 6.07) is 13.4. The summed E-state index contributed by atoms with van der Waals surface area (Å²) in [5, 5.41) is 3.01. The Labute approximate surface area is 140 Å². The van der Waals surface area contributed by atoms with Crippen LogP contribution in [0.4, 0.5) is 5.69 Å². The Balaban J connectivity index is 1.54. The Kier molecular flexibility index (Phi) is 3.69. The van der Waals surface area contributed by atoms with Gasteiger partial charge in [-0.3, -0.25) is 4.79 Å². The quantitative estimate of drug-likeness (QED) is 0.806. The van der Waals surface area contributed by atoms with Crippen LogP contribution in [0.25, 0.3) is 5.65 Å². The molecule has 0 saturated carbocycles. The van der Waals surface area contributed by atoms with Crippen molar-refractivity contribution in [1.29, 1.82) is 0 Å². The number of carbonyl (C=O) groups excluding carboxylic acids is 1. The normalized spacial score (nSPS) is 16.6. The maximum absolute atomic E-state index is 12.7. The van der Waals surface area contributed by atoms with Crippen LogP contribution in [0.5, 0.6) is 5.75 Å². The largest absolute Gasteiger partial charge is 0.497 e. The predicted molar refractivity (Wildman–Crippen MR) is 92.3 cm³/mol. The number of rotatable bonds is 3. The lowest BCUT2D eigenvalue weighted by Gasteiger charge is -2.21. The minimum Gasteiger partial charge on any atom is -0.497 e. The highest BCUT2D eigenvalue weighted by molar-refractivity contribution is 5.93. The number of ether oxygens (including phenoxy) is 1. The van der Waals surface area contributed by atoms with E-state index in [1.165, 1.54) is 0 Å². The first-order chi connectivity index (χ1) is 11.7. The zero-order valence-corrected chi connectivity index (χ0v) is 13.5. The van der Waals surface area contributed by atoms with Crippen molar-refractivity contribution < 1.29 is 9.53 Å². The van der Waals surface area contributed by atoms with Gasteiger partial charge in [0.05, 0.1) is 12.8 Å². The van der Waals surface area contributed by atoms with Crippen molar-refractivity contribution >= 4 is 17.2 Å². The molecule has 1 aliphatic carbocycles. The molecule has 1 unspecified atom stereocenters. The fourth-order valence-electron chi connectivity index (χ4n) is 3.33. The second-order valence-electron chi connectivity index (χ2n) is 6.09. The molecule has 0 saturated heterocycles. The second-order valence-corrected chi connectivity index (χ2v) is 6.09. The average Bonchev–Trinajstić information content (AvgIpc) is 2.99. The van der Waals surface area contributed by atoms with Crippen LogP contribution >= 0.6 is 0 Å². The number of fused-ring (bicyclic) bond motifs is 3. The summed E-state index contributed by atoms with van der Waals surface area (Å²) in [5.74, 6) is 0.754. The van der Waals surface area contributed by atoms with Gasteiger partial charge in [0.25, 0.3) is 0 Å². The lowest BCUT2D eigenvalue weighted by atomic mass is 9.89. The third kappa shape index (κ3) is 2.62. The third-order valence-corrected chi connectivity index (χ3v) is 4.59. The number of imidazole rings is 1. The number of aryl methyl sites for hydroxylation is 1. The van der Waals surface area contributed by atoms with Gasteiger partial charge in [0.1, 0.15) is 11.4 Å². The Morgan fingerprint density at radius 3 is 3.08 bits per heavy atom. The predicted octanol–water partition coefficient (Wildman–Crippen LogP) is 3.09. The van der Waals surface area contributed by atoms with E-state index < -0.39 is 0 Å².